The summed E-state index contributed by atoms with van der Waals surface area (Å²) in [6.45, 7) is 1.68. The topological polar surface area (TPSA) is 23.5 Å². The fourth-order valence-corrected chi connectivity index (χ4v) is 2.92. The van der Waals surface area contributed by atoms with Crippen molar-refractivity contribution in [2.45, 2.75) is 37.8 Å². The Morgan fingerprint density at radius 1 is 1.24 bits per heavy atom. The average Bonchev–Trinajstić information content (AvgIpc) is 2.68. The number of nitrogens with zero attached hydrogens (tertiary/aromatic N) is 1. The highest BCUT2D eigenvalue weighted by molar-refractivity contribution is 9.10. The first kappa shape index (κ1) is 13.1. The summed E-state index contributed by atoms with van der Waals surface area (Å²) in [5.41, 5.74) is 0.849. The second kappa shape index (κ2) is 5.51. The predicted octanol–water partition coefficient (Wildman–Crippen LogP) is 3.19. The van der Waals surface area contributed by atoms with Gasteiger partial charge in [-0.05, 0) is 37.6 Å². The molecule has 94 valence electrons. The van der Waals surface area contributed by atoms with E-state index in [0.717, 1.165) is 30.4 Å². The van der Waals surface area contributed by atoms with E-state index in [1.54, 1.807) is 0 Å². The predicted molar refractivity (Wildman–Crippen MR) is 73.9 cm³/mol. The summed E-state index contributed by atoms with van der Waals surface area (Å²) in [7, 11) is 2.08. The largest absolute Gasteiger partial charge is 0.389 e. The van der Waals surface area contributed by atoms with E-state index in [-0.39, 0.29) is 0 Å². The standard InChI is InChI=1S/C14H20BrNO/c1-16(11-14(17)8-2-3-9-14)10-12-4-6-13(15)7-5-12/h4-7,17H,2-3,8-11H2,1H3. The van der Waals surface area contributed by atoms with Crippen molar-refractivity contribution < 1.29 is 5.11 Å². The molecule has 0 atom stereocenters. The van der Waals surface area contributed by atoms with E-state index in [2.05, 4.69) is 52.1 Å². The van der Waals surface area contributed by atoms with E-state index in [9.17, 15) is 5.11 Å². The Morgan fingerprint density at radius 3 is 2.41 bits per heavy atom. The molecule has 0 radical (unpaired) electrons. The van der Waals surface area contributed by atoms with Gasteiger partial charge in [0.05, 0.1) is 5.60 Å². The molecule has 0 unspecified atom stereocenters. The fraction of sp³-hybridized carbons (Fsp3) is 0.571. The average molecular weight is 298 g/mol. The molecule has 0 aromatic heterocycles. The van der Waals surface area contributed by atoms with Crippen LogP contribution in [0.4, 0.5) is 0 Å². The second-order valence-electron chi connectivity index (χ2n) is 5.23. The van der Waals surface area contributed by atoms with Gasteiger partial charge in [-0.3, -0.25) is 4.90 Å². The van der Waals surface area contributed by atoms with Crippen LogP contribution in [0.3, 0.4) is 0 Å². The summed E-state index contributed by atoms with van der Waals surface area (Å²) in [5, 5.41) is 10.3. The van der Waals surface area contributed by atoms with Crippen molar-refractivity contribution in [3.8, 4) is 0 Å². The number of hydrogen-bond donors (Lipinski definition) is 1. The Kier molecular flexibility index (Phi) is 4.23. The van der Waals surface area contributed by atoms with Gasteiger partial charge < -0.3 is 5.11 Å². The lowest BCUT2D eigenvalue weighted by atomic mass is 10.0. The number of halogens is 1. The van der Waals surface area contributed by atoms with E-state index in [1.807, 2.05) is 0 Å². The molecule has 1 aromatic rings. The molecule has 0 saturated heterocycles. The molecule has 2 rings (SSSR count). The first-order chi connectivity index (χ1) is 8.07. The van der Waals surface area contributed by atoms with Gasteiger partial charge in [-0.2, -0.15) is 0 Å². The molecule has 0 aliphatic heterocycles. The molecular formula is C14H20BrNO. The molecular weight excluding hydrogens is 278 g/mol. The maximum atomic E-state index is 10.3. The maximum Gasteiger partial charge on any atom is 0.0774 e. The van der Waals surface area contributed by atoms with Crippen LogP contribution in [0.25, 0.3) is 0 Å². The summed E-state index contributed by atoms with van der Waals surface area (Å²) in [5.74, 6) is 0. The van der Waals surface area contributed by atoms with Gasteiger partial charge in [-0.25, -0.2) is 0 Å². The molecule has 0 heterocycles. The molecule has 1 aliphatic rings. The molecule has 0 bridgehead atoms. The minimum atomic E-state index is -0.440. The third-order valence-corrected chi connectivity index (χ3v) is 3.99. The highest BCUT2D eigenvalue weighted by Gasteiger charge is 2.31. The van der Waals surface area contributed by atoms with Gasteiger partial charge in [0.1, 0.15) is 0 Å². The zero-order valence-electron chi connectivity index (χ0n) is 10.3. The highest BCUT2D eigenvalue weighted by atomic mass is 79.9. The summed E-state index contributed by atoms with van der Waals surface area (Å²) in [4.78, 5) is 2.22. The van der Waals surface area contributed by atoms with E-state index < -0.39 is 5.60 Å². The SMILES string of the molecule is CN(Cc1ccc(Br)cc1)CC1(O)CCCC1. The van der Waals surface area contributed by atoms with Crippen molar-refractivity contribution in [1.29, 1.82) is 0 Å². The maximum absolute atomic E-state index is 10.3. The molecule has 1 N–H and O–H groups in total. The van der Waals surface area contributed by atoms with Crippen LogP contribution in [-0.2, 0) is 6.54 Å². The number of likely N-dealkylation sites (N-methyl/N-ethyl adjacent to an activating group) is 1. The Labute approximate surface area is 112 Å². The van der Waals surface area contributed by atoms with Gasteiger partial charge in [-0.1, -0.05) is 40.9 Å². The molecule has 1 aromatic carbocycles. The molecule has 0 spiro atoms. The lowest BCUT2D eigenvalue weighted by Gasteiger charge is -2.28. The first-order valence-corrected chi connectivity index (χ1v) is 7.02. The second-order valence-corrected chi connectivity index (χ2v) is 6.15. The summed E-state index contributed by atoms with van der Waals surface area (Å²) >= 11 is 3.44. The molecule has 1 saturated carbocycles. The number of hydrogen-bond acceptors (Lipinski definition) is 2. The molecule has 1 aliphatic carbocycles. The van der Waals surface area contributed by atoms with Gasteiger partial charge in [0.25, 0.3) is 0 Å². The molecule has 3 heteroatoms. The van der Waals surface area contributed by atoms with Crippen LogP contribution < -0.4 is 0 Å². The first-order valence-electron chi connectivity index (χ1n) is 6.23. The third-order valence-electron chi connectivity index (χ3n) is 3.46. The van der Waals surface area contributed by atoms with E-state index in [1.165, 1.54) is 18.4 Å². The highest BCUT2D eigenvalue weighted by Crippen LogP contribution is 2.30. The normalized spacial score (nSPS) is 18.8. The van der Waals surface area contributed by atoms with Crippen LogP contribution >= 0.6 is 15.9 Å². The smallest absolute Gasteiger partial charge is 0.0774 e. The lowest BCUT2D eigenvalue weighted by Crippen LogP contribution is -2.38. The van der Waals surface area contributed by atoms with Crippen molar-refractivity contribution in [3.63, 3.8) is 0 Å². The Balaban J connectivity index is 1.88. The monoisotopic (exact) mass is 297 g/mol. The minimum Gasteiger partial charge on any atom is -0.389 e. The summed E-state index contributed by atoms with van der Waals surface area (Å²) in [6, 6.07) is 8.37. The van der Waals surface area contributed by atoms with Crippen LogP contribution in [0.1, 0.15) is 31.2 Å². The third kappa shape index (κ3) is 3.80. The molecule has 17 heavy (non-hydrogen) atoms. The summed E-state index contributed by atoms with van der Waals surface area (Å²) in [6.07, 6.45) is 4.25. The minimum absolute atomic E-state index is 0.440. The van der Waals surface area contributed by atoms with E-state index >= 15 is 0 Å². The quantitative estimate of drug-likeness (QED) is 0.923. The Bertz CT molecular complexity index is 357. The van der Waals surface area contributed by atoms with Gasteiger partial charge in [0.15, 0.2) is 0 Å². The number of rotatable bonds is 4. The van der Waals surface area contributed by atoms with Crippen molar-refractivity contribution in [3.05, 3.63) is 34.3 Å². The molecule has 2 nitrogen and oxygen atoms in total. The van der Waals surface area contributed by atoms with Crippen LogP contribution in [0.5, 0.6) is 0 Å². The van der Waals surface area contributed by atoms with Crippen molar-refractivity contribution in [2.24, 2.45) is 0 Å². The Morgan fingerprint density at radius 2 is 1.82 bits per heavy atom. The van der Waals surface area contributed by atoms with Crippen molar-refractivity contribution in [2.75, 3.05) is 13.6 Å². The lowest BCUT2D eigenvalue weighted by molar-refractivity contribution is 0.0145. The van der Waals surface area contributed by atoms with Crippen LogP contribution in [0.15, 0.2) is 28.7 Å². The van der Waals surface area contributed by atoms with Gasteiger partial charge in [0, 0.05) is 17.6 Å². The summed E-state index contributed by atoms with van der Waals surface area (Å²) < 4.78 is 1.11. The van der Waals surface area contributed by atoms with E-state index in [4.69, 9.17) is 0 Å². The van der Waals surface area contributed by atoms with Crippen LogP contribution in [0.2, 0.25) is 0 Å². The van der Waals surface area contributed by atoms with E-state index in [0.29, 0.717) is 0 Å². The molecule has 1 fully saturated rings. The fourth-order valence-electron chi connectivity index (χ4n) is 2.65. The Hall–Kier alpha value is -0.380. The van der Waals surface area contributed by atoms with Crippen molar-refractivity contribution in [1.82, 2.24) is 4.90 Å². The van der Waals surface area contributed by atoms with Crippen molar-refractivity contribution >= 4 is 15.9 Å². The van der Waals surface area contributed by atoms with Crippen LogP contribution in [0, 0.1) is 0 Å². The zero-order valence-corrected chi connectivity index (χ0v) is 11.9. The zero-order chi connectivity index (χ0) is 12.3. The van der Waals surface area contributed by atoms with Gasteiger partial charge in [-0.15, -0.1) is 0 Å². The van der Waals surface area contributed by atoms with Crippen LogP contribution in [-0.4, -0.2) is 29.2 Å². The number of aliphatic hydroxyl groups is 1. The van der Waals surface area contributed by atoms with Gasteiger partial charge >= 0.3 is 0 Å². The van der Waals surface area contributed by atoms with Gasteiger partial charge in [0.2, 0.25) is 0 Å². The number of benzene rings is 1. The molecule has 0 amide bonds.